The first-order valence-corrected chi connectivity index (χ1v) is 9.01. The summed E-state index contributed by atoms with van der Waals surface area (Å²) in [6.45, 7) is 3.53. The monoisotopic (exact) mass is 344 g/mol. The molecular weight excluding hydrogens is 324 g/mol. The van der Waals surface area contributed by atoms with Crippen LogP contribution in [0.5, 0.6) is 0 Å². The number of benzene rings is 2. The topological polar surface area (TPSA) is 53.9 Å². The van der Waals surface area contributed by atoms with E-state index in [2.05, 4.69) is 20.6 Å². The Morgan fingerprint density at radius 2 is 1.96 bits per heavy atom. The van der Waals surface area contributed by atoms with E-state index in [4.69, 9.17) is 0 Å². The molecule has 1 aliphatic rings. The van der Waals surface area contributed by atoms with Gasteiger partial charge in [0.1, 0.15) is 11.5 Å². The van der Waals surface area contributed by atoms with E-state index in [1.54, 1.807) is 0 Å². The summed E-state index contributed by atoms with van der Waals surface area (Å²) in [6.07, 6.45) is 0.952. The van der Waals surface area contributed by atoms with Gasteiger partial charge in [0.25, 0.3) is 5.91 Å². The SMILES string of the molecule is Cc1nc2ccccc2n1[C@H]1CCN(C(=O)c2cc3ccccc3[nH]2)C1. The van der Waals surface area contributed by atoms with Gasteiger partial charge >= 0.3 is 0 Å². The number of hydrogen-bond donors (Lipinski definition) is 1. The molecule has 130 valence electrons. The van der Waals surface area contributed by atoms with Gasteiger partial charge in [0.2, 0.25) is 0 Å². The lowest BCUT2D eigenvalue weighted by molar-refractivity contribution is 0.0783. The van der Waals surface area contributed by atoms with Crippen molar-refractivity contribution in [2.45, 2.75) is 19.4 Å². The van der Waals surface area contributed by atoms with Gasteiger partial charge < -0.3 is 14.5 Å². The predicted molar refractivity (Wildman–Crippen MR) is 102 cm³/mol. The third-order valence-corrected chi connectivity index (χ3v) is 5.35. The van der Waals surface area contributed by atoms with Crippen LogP contribution in [0, 0.1) is 6.92 Å². The Labute approximate surface area is 151 Å². The number of fused-ring (bicyclic) bond motifs is 2. The van der Waals surface area contributed by atoms with E-state index in [0.717, 1.165) is 47.3 Å². The van der Waals surface area contributed by atoms with E-state index in [-0.39, 0.29) is 11.9 Å². The number of aromatic amines is 1. The molecule has 5 heteroatoms. The standard InChI is InChI=1S/C21H20N4O/c1-14-22-18-8-4-5-9-20(18)25(14)16-10-11-24(13-16)21(26)19-12-15-6-2-3-7-17(15)23-19/h2-9,12,16,23H,10-11,13H2,1H3/t16-/m0/s1. The van der Waals surface area contributed by atoms with Gasteiger partial charge in [0, 0.05) is 24.0 Å². The fraction of sp³-hybridized carbons (Fsp3) is 0.238. The lowest BCUT2D eigenvalue weighted by Crippen LogP contribution is -2.29. The van der Waals surface area contributed by atoms with Crippen molar-refractivity contribution >= 4 is 27.8 Å². The van der Waals surface area contributed by atoms with Crippen molar-refractivity contribution < 1.29 is 4.79 Å². The first-order chi connectivity index (χ1) is 12.7. The molecule has 1 fully saturated rings. The molecule has 5 rings (SSSR count). The van der Waals surface area contributed by atoms with Crippen LogP contribution >= 0.6 is 0 Å². The quantitative estimate of drug-likeness (QED) is 0.599. The van der Waals surface area contributed by atoms with Gasteiger partial charge in [-0.2, -0.15) is 0 Å². The molecule has 1 aliphatic heterocycles. The minimum Gasteiger partial charge on any atom is -0.351 e. The summed E-state index contributed by atoms with van der Waals surface area (Å²) < 4.78 is 2.29. The van der Waals surface area contributed by atoms with Crippen molar-refractivity contribution in [1.82, 2.24) is 19.4 Å². The number of H-pyrrole nitrogens is 1. The van der Waals surface area contributed by atoms with Gasteiger partial charge in [-0.15, -0.1) is 0 Å². The number of imidazole rings is 1. The van der Waals surface area contributed by atoms with Gasteiger partial charge in [-0.25, -0.2) is 4.98 Å². The first-order valence-electron chi connectivity index (χ1n) is 9.01. The normalized spacial score (nSPS) is 17.4. The molecule has 2 aromatic carbocycles. The van der Waals surface area contributed by atoms with Crippen LogP contribution in [-0.4, -0.2) is 38.4 Å². The number of carbonyl (C=O) groups excluding carboxylic acids is 1. The molecule has 0 bridgehead atoms. The Morgan fingerprint density at radius 3 is 2.85 bits per heavy atom. The van der Waals surface area contributed by atoms with Gasteiger partial charge in [0.15, 0.2) is 0 Å². The first kappa shape index (κ1) is 15.2. The zero-order valence-corrected chi connectivity index (χ0v) is 14.6. The molecule has 0 spiro atoms. The van der Waals surface area contributed by atoms with E-state index in [1.165, 1.54) is 0 Å². The number of likely N-dealkylation sites (tertiary alicyclic amines) is 1. The van der Waals surface area contributed by atoms with Crippen LogP contribution in [0.25, 0.3) is 21.9 Å². The van der Waals surface area contributed by atoms with Crippen LogP contribution in [0.3, 0.4) is 0 Å². The van der Waals surface area contributed by atoms with Crippen molar-refractivity contribution in [2.24, 2.45) is 0 Å². The minimum absolute atomic E-state index is 0.0748. The zero-order valence-electron chi connectivity index (χ0n) is 14.6. The third kappa shape index (κ3) is 2.31. The molecule has 0 saturated carbocycles. The molecular formula is C21H20N4O. The van der Waals surface area contributed by atoms with E-state index in [9.17, 15) is 4.79 Å². The maximum Gasteiger partial charge on any atom is 0.270 e. The van der Waals surface area contributed by atoms with E-state index in [0.29, 0.717) is 5.69 Å². The highest BCUT2D eigenvalue weighted by Crippen LogP contribution is 2.29. The summed E-state index contributed by atoms with van der Waals surface area (Å²) >= 11 is 0. The van der Waals surface area contributed by atoms with Crippen LogP contribution in [0.2, 0.25) is 0 Å². The zero-order chi connectivity index (χ0) is 17.7. The van der Waals surface area contributed by atoms with Crippen molar-refractivity contribution in [2.75, 3.05) is 13.1 Å². The largest absolute Gasteiger partial charge is 0.351 e. The number of amides is 1. The number of aryl methyl sites for hydroxylation is 1. The van der Waals surface area contributed by atoms with Crippen LogP contribution in [-0.2, 0) is 0 Å². The molecule has 3 heterocycles. The summed E-state index contributed by atoms with van der Waals surface area (Å²) in [5.74, 6) is 1.09. The molecule has 1 saturated heterocycles. The molecule has 2 aromatic heterocycles. The fourth-order valence-electron chi connectivity index (χ4n) is 4.12. The number of para-hydroxylation sites is 3. The molecule has 0 radical (unpaired) electrons. The average molecular weight is 344 g/mol. The molecule has 0 unspecified atom stereocenters. The summed E-state index contributed by atoms with van der Waals surface area (Å²) in [4.78, 5) is 22.8. The molecule has 5 nitrogen and oxygen atoms in total. The van der Waals surface area contributed by atoms with Crippen LogP contribution in [0.4, 0.5) is 0 Å². The molecule has 4 aromatic rings. The summed E-state index contributed by atoms with van der Waals surface area (Å²) in [5, 5.41) is 1.07. The number of hydrogen-bond acceptors (Lipinski definition) is 2. The number of nitrogens with zero attached hydrogens (tertiary/aromatic N) is 3. The van der Waals surface area contributed by atoms with Crippen molar-refractivity contribution in [3.05, 3.63) is 66.1 Å². The fourth-order valence-corrected chi connectivity index (χ4v) is 4.12. The lowest BCUT2D eigenvalue weighted by Gasteiger charge is -2.18. The van der Waals surface area contributed by atoms with Gasteiger partial charge in [-0.3, -0.25) is 4.79 Å². The number of carbonyl (C=O) groups is 1. The maximum atomic E-state index is 13.0. The number of aromatic nitrogens is 3. The van der Waals surface area contributed by atoms with Crippen LogP contribution in [0.1, 0.15) is 28.8 Å². The van der Waals surface area contributed by atoms with E-state index >= 15 is 0 Å². The van der Waals surface area contributed by atoms with Crippen molar-refractivity contribution in [3.8, 4) is 0 Å². The Balaban J connectivity index is 1.43. The van der Waals surface area contributed by atoms with Gasteiger partial charge in [-0.05, 0) is 37.6 Å². The van der Waals surface area contributed by atoms with Crippen molar-refractivity contribution in [1.29, 1.82) is 0 Å². The second-order valence-corrected chi connectivity index (χ2v) is 6.98. The van der Waals surface area contributed by atoms with E-state index in [1.807, 2.05) is 60.4 Å². The molecule has 1 amide bonds. The number of nitrogens with one attached hydrogen (secondary N) is 1. The van der Waals surface area contributed by atoms with Gasteiger partial charge in [-0.1, -0.05) is 30.3 Å². The molecule has 0 aliphatic carbocycles. The van der Waals surface area contributed by atoms with Crippen molar-refractivity contribution in [3.63, 3.8) is 0 Å². The Morgan fingerprint density at radius 1 is 1.15 bits per heavy atom. The van der Waals surface area contributed by atoms with Crippen LogP contribution in [0.15, 0.2) is 54.6 Å². The summed E-state index contributed by atoms with van der Waals surface area (Å²) in [6, 6.07) is 18.4. The Kier molecular flexibility index (Phi) is 3.35. The average Bonchev–Trinajstić information content (AvgIpc) is 3.36. The van der Waals surface area contributed by atoms with E-state index < -0.39 is 0 Å². The summed E-state index contributed by atoms with van der Waals surface area (Å²) in [5.41, 5.74) is 3.84. The second-order valence-electron chi connectivity index (χ2n) is 6.98. The molecule has 26 heavy (non-hydrogen) atoms. The Hall–Kier alpha value is -3.08. The highest BCUT2D eigenvalue weighted by atomic mass is 16.2. The smallest absolute Gasteiger partial charge is 0.270 e. The highest BCUT2D eigenvalue weighted by Gasteiger charge is 2.30. The number of rotatable bonds is 2. The second kappa shape index (κ2) is 5.73. The third-order valence-electron chi connectivity index (χ3n) is 5.35. The predicted octanol–water partition coefficient (Wildman–Crippen LogP) is 3.91. The van der Waals surface area contributed by atoms with Gasteiger partial charge in [0.05, 0.1) is 17.1 Å². The maximum absolute atomic E-state index is 13.0. The minimum atomic E-state index is 0.0748. The molecule has 1 N–H and O–H groups in total. The summed E-state index contributed by atoms with van der Waals surface area (Å²) in [7, 11) is 0. The van der Waals surface area contributed by atoms with Crippen LogP contribution < -0.4 is 0 Å². The Bertz CT molecular complexity index is 1090. The molecule has 1 atom stereocenters. The highest BCUT2D eigenvalue weighted by molar-refractivity contribution is 5.98. The lowest BCUT2D eigenvalue weighted by atomic mass is 10.2.